The number of urea groups is 1. The number of carbonyl (C=O) groups excluding carboxylic acids is 1. The van der Waals surface area contributed by atoms with Crippen molar-refractivity contribution in [3.05, 3.63) is 79.7 Å². The van der Waals surface area contributed by atoms with Crippen molar-refractivity contribution < 1.29 is 17.6 Å². The number of nitrogens with zero attached hydrogens (tertiary/aromatic N) is 2. The molecule has 3 heterocycles. The van der Waals surface area contributed by atoms with Gasteiger partial charge in [0.1, 0.15) is 15.8 Å². The Balaban J connectivity index is 1.57. The molecule has 0 unspecified atom stereocenters. The first-order valence-corrected chi connectivity index (χ1v) is 11.3. The van der Waals surface area contributed by atoms with E-state index in [-0.39, 0.29) is 31.0 Å². The summed E-state index contributed by atoms with van der Waals surface area (Å²) in [5.41, 5.74) is -1.32. The maximum absolute atomic E-state index is 13.5. The van der Waals surface area contributed by atoms with Gasteiger partial charge in [-0.05, 0) is 42.5 Å². The van der Waals surface area contributed by atoms with Gasteiger partial charge in [-0.2, -0.15) is 0 Å². The number of sulfonamides is 1. The SMILES string of the molecule is O=C(Nc1ccc(-n2c(=O)[nH]c3ccc(F)cc3c2=O)nc1)NS(=O)(=O)c1ccc(Cl)s1. The molecule has 2 amide bonds. The van der Waals surface area contributed by atoms with Crippen LogP contribution in [-0.4, -0.2) is 29.0 Å². The van der Waals surface area contributed by atoms with Gasteiger partial charge in [0.25, 0.3) is 15.6 Å². The molecule has 3 N–H and O–H groups in total. The molecule has 164 valence electrons. The van der Waals surface area contributed by atoms with Crippen LogP contribution in [0.15, 0.2) is 62.5 Å². The van der Waals surface area contributed by atoms with Crippen LogP contribution in [0.2, 0.25) is 4.34 Å². The fraction of sp³-hybridized carbons (Fsp3) is 0. The van der Waals surface area contributed by atoms with Crippen LogP contribution < -0.4 is 21.3 Å². The predicted octanol–water partition coefficient (Wildman–Crippen LogP) is 2.44. The van der Waals surface area contributed by atoms with Gasteiger partial charge in [-0.25, -0.2) is 36.7 Å². The van der Waals surface area contributed by atoms with Gasteiger partial charge in [0.2, 0.25) is 0 Å². The van der Waals surface area contributed by atoms with E-state index in [1.807, 2.05) is 4.72 Å². The van der Waals surface area contributed by atoms with Crippen molar-refractivity contribution in [3.8, 4) is 5.82 Å². The number of benzene rings is 1. The first-order chi connectivity index (χ1) is 15.1. The van der Waals surface area contributed by atoms with Gasteiger partial charge in [0, 0.05) is 0 Å². The van der Waals surface area contributed by atoms with Crippen molar-refractivity contribution >= 4 is 55.6 Å². The van der Waals surface area contributed by atoms with E-state index in [1.54, 1.807) is 0 Å². The summed E-state index contributed by atoms with van der Waals surface area (Å²) in [6.07, 6.45) is 1.12. The molecule has 14 heteroatoms. The Hall–Kier alpha value is -3.55. The van der Waals surface area contributed by atoms with Gasteiger partial charge in [0.15, 0.2) is 0 Å². The number of fused-ring (bicyclic) bond motifs is 1. The van der Waals surface area contributed by atoms with Crippen LogP contribution in [0, 0.1) is 5.82 Å². The zero-order valence-corrected chi connectivity index (χ0v) is 18.0. The minimum atomic E-state index is -4.12. The van der Waals surface area contributed by atoms with E-state index in [0.29, 0.717) is 4.57 Å². The molecular weight excluding hydrogens is 485 g/mol. The Morgan fingerprint density at radius 2 is 1.94 bits per heavy atom. The molecule has 0 atom stereocenters. The van der Waals surface area contributed by atoms with Crippen molar-refractivity contribution in [2.45, 2.75) is 4.21 Å². The van der Waals surface area contributed by atoms with Gasteiger partial charge in [-0.15, -0.1) is 11.3 Å². The van der Waals surface area contributed by atoms with Crippen LogP contribution >= 0.6 is 22.9 Å². The van der Waals surface area contributed by atoms with E-state index in [9.17, 15) is 27.2 Å². The molecule has 0 aliphatic rings. The third-order valence-corrected chi connectivity index (χ3v) is 7.19. The lowest BCUT2D eigenvalue weighted by molar-refractivity contribution is 0.256. The maximum Gasteiger partial charge on any atom is 0.334 e. The number of aromatic nitrogens is 3. The fourth-order valence-electron chi connectivity index (χ4n) is 2.76. The summed E-state index contributed by atoms with van der Waals surface area (Å²) in [4.78, 5) is 43.4. The minimum Gasteiger partial charge on any atom is -0.306 e. The summed E-state index contributed by atoms with van der Waals surface area (Å²) in [7, 11) is -4.12. The molecule has 0 bridgehead atoms. The number of carbonyl (C=O) groups is 1. The van der Waals surface area contributed by atoms with E-state index >= 15 is 0 Å². The van der Waals surface area contributed by atoms with Crippen molar-refractivity contribution in [2.24, 2.45) is 0 Å². The predicted molar refractivity (Wildman–Crippen MR) is 117 cm³/mol. The Labute approximate surface area is 187 Å². The zero-order valence-electron chi connectivity index (χ0n) is 15.6. The topological polar surface area (TPSA) is 143 Å². The smallest absolute Gasteiger partial charge is 0.306 e. The fourth-order valence-corrected chi connectivity index (χ4v) is 5.15. The summed E-state index contributed by atoms with van der Waals surface area (Å²) in [5.74, 6) is -0.735. The minimum absolute atomic E-state index is 0.0492. The number of hydrogen-bond acceptors (Lipinski definition) is 7. The summed E-state index contributed by atoms with van der Waals surface area (Å²) in [5, 5.41) is 2.23. The second kappa shape index (κ2) is 8.18. The molecule has 0 aliphatic heterocycles. The summed E-state index contributed by atoms with van der Waals surface area (Å²) >= 11 is 6.49. The molecule has 1 aromatic carbocycles. The Morgan fingerprint density at radius 3 is 2.59 bits per heavy atom. The molecule has 10 nitrogen and oxygen atoms in total. The van der Waals surface area contributed by atoms with Crippen LogP contribution in [0.3, 0.4) is 0 Å². The highest BCUT2D eigenvalue weighted by Gasteiger charge is 2.20. The number of rotatable bonds is 4. The number of pyridine rings is 1. The van der Waals surface area contributed by atoms with Gasteiger partial charge < -0.3 is 10.3 Å². The molecule has 0 radical (unpaired) electrons. The Kier molecular flexibility index (Phi) is 5.54. The van der Waals surface area contributed by atoms with E-state index in [0.717, 1.165) is 29.7 Å². The van der Waals surface area contributed by atoms with Crippen molar-refractivity contribution in [1.29, 1.82) is 0 Å². The van der Waals surface area contributed by atoms with Gasteiger partial charge in [-0.1, -0.05) is 11.6 Å². The number of hydrogen-bond donors (Lipinski definition) is 3. The summed E-state index contributed by atoms with van der Waals surface area (Å²) in [6.45, 7) is 0. The average molecular weight is 496 g/mol. The van der Waals surface area contributed by atoms with Crippen molar-refractivity contribution in [3.63, 3.8) is 0 Å². The van der Waals surface area contributed by atoms with E-state index in [4.69, 9.17) is 11.6 Å². The molecule has 4 aromatic rings. The Bertz CT molecular complexity index is 1580. The number of thiophene rings is 1. The van der Waals surface area contributed by atoms with Crippen molar-refractivity contribution in [2.75, 3.05) is 5.32 Å². The molecule has 0 aliphatic carbocycles. The van der Waals surface area contributed by atoms with E-state index in [1.165, 1.54) is 30.3 Å². The molecule has 0 saturated carbocycles. The number of H-pyrrole nitrogens is 1. The van der Waals surface area contributed by atoms with Gasteiger partial charge in [-0.3, -0.25) is 4.79 Å². The maximum atomic E-state index is 13.5. The number of amides is 2. The van der Waals surface area contributed by atoms with Crippen molar-refractivity contribution in [1.82, 2.24) is 19.3 Å². The Morgan fingerprint density at radius 1 is 1.16 bits per heavy atom. The number of aromatic amines is 1. The third-order valence-electron chi connectivity index (χ3n) is 4.14. The highest BCUT2D eigenvalue weighted by molar-refractivity contribution is 7.92. The van der Waals surface area contributed by atoms with Gasteiger partial charge >= 0.3 is 11.7 Å². The molecule has 32 heavy (non-hydrogen) atoms. The second-order valence-corrected chi connectivity index (χ2v) is 9.91. The number of anilines is 1. The highest BCUT2D eigenvalue weighted by Crippen LogP contribution is 2.25. The van der Waals surface area contributed by atoms with Gasteiger partial charge in [0.05, 0.1) is 27.1 Å². The third kappa shape index (κ3) is 4.26. The molecule has 0 fully saturated rings. The standard InChI is InChI=1S/C18H11ClFN5O5S2/c19-13-4-6-15(31-13)32(29,30)24-17(27)22-10-2-5-14(21-8-10)25-16(26)11-7-9(20)1-3-12(11)23-18(25)28/h1-8H,(H,23,28)(H2,22,24,27). The number of nitrogens with one attached hydrogen (secondary N) is 3. The van der Waals surface area contributed by atoms with Crippen LogP contribution in [0.5, 0.6) is 0 Å². The normalized spacial score (nSPS) is 11.4. The quantitative estimate of drug-likeness (QED) is 0.397. The first kappa shape index (κ1) is 21.7. The molecular formula is C18H11ClFN5O5S2. The van der Waals surface area contributed by atoms with E-state index < -0.39 is 33.1 Å². The summed E-state index contributed by atoms with van der Waals surface area (Å²) < 4.78 is 40.4. The zero-order chi connectivity index (χ0) is 23.0. The highest BCUT2D eigenvalue weighted by atomic mass is 35.5. The lowest BCUT2D eigenvalue weighted by atomic mass is 10.2. The largest absolute Gasteiger partial charge is 0.334 e. The number of halogens is 2. The summed E-state index contributed by atoms with van der Waals surface area (Å²) in [6, 6.07) is 7.51. The van der Waals surface area contributed by atoms with Crippen LogP contribution in [0.1, 0.15) is 0 Å². The molecule has 3 aromatic heterocycles. The van der Waals surface area contributed by atoms with Crippen LogP contribution in [-0.2, 0) is 10.0 Å². The monoisotopic (exact) mass is 495 g/mol. The average Bonchev–Trinajstić information content (AvgIpc) is 3.17. The second-order valence-electron chi connectivity index (χ2n) is 6.28. The van der Waals surface area contributed by atoms with E-state index in [2.05, 4.69) is 15.3 Å². The molecule has 0 spiro atoms. The molecule has 0 saturated heterocycles. The lowest BCUT2D eigenvalue weighted by Gasteiger charge is -2.09. The van der Waals surface area contributed by atoms with Crippen LogP contribution in [0.25, 0.3) is 16.7 Å². The molecule has 4 rings (SSSR count). The first-order valence-electron chi connectivity index (χ1n) is 8.64. The van der Waals surface area contributed by atoms with Crippen LogP contribution in [0.4, 0.5) is 14.9 Å². The lowest BCUT2D eigenvalue weighted by Crippen LogP contribution is -2.35.